The molecule has 24 heavy (non-hydrogen) atoms. The van der Waals surface area contributed by atoms with E-state index in [4.69, 9.17) is 0 Å². The number of aliphatic hydroxyl groups is 1. The zero-order chi connectivity index (χ0) is 18.4. The Balaban J connectivity index is 2.93. The fourth-order valence-corrected chi connectivity index (χ4v) is 2.30. The summed E-state index contributed by atoms with van der Waals surface area (Å²) in [4.78, 5) is 25.7. The van der Waals surface area contributed by atoms with Gasteiger partial charge in [0.05, 0.1) is 11.8 Å². The molecule has 1 aromatic rings. The van der Waals surface area contributed by atoms with Crippen molar-refractivity contribution in [1.29, 1.82) is 0 Å². The van der Waals surface area contributed by atoms with Gasteiger partial charge in [-0.2, -0.15) is 0 Å². The average molecular weight is 338 g/mol. The van der Waals surface area contributed by atoms with Crippen LogP contribution in [-0.2, 0) is 4.79 Å². The van der Waals surface area contributed by atoms with E-state index in [2.05, 4.69) is 5.32 Å². The molecule has 1 rings (SSSR count). The predicted molar refractivity (Wildman–Crippen MR) is 92.3 cm³/mol. The highest BCUT2D eigenvalue weighted by molar-refractivity contribution is 5.96. The summed E-state index contributed by atoms with van der Waals surface area (Å²) in [6.45, 7) is 9.23. The van der Waals surface area contributed by atoms with Crippen molar-refractivity contribution < 1.29 is 19.1 Å². The molecule has 0 aromatic heterocycles. The van der Waals surface area contributed by atoms with Crippen LogP contribution in [0, 0.1) is 11.7 Å². The molecular formula is C18H27FN2O3. The van der Waals surface area contributed by atoms with Gasteiger partial charge < -0.3 is 15.3 Å². The standard InChI is InChI=1S/C18H27FN2O3/c1-11(2)8-17(23)20-16-7-6-14(9-15(16)19)18(24)21(12(3)4)10-13(5)22/h6-7,9,11-13,22H,8,10H2,1-5H3,(H,20,23). The van der Waals surface area contributed by atoms with Crippen LogP contribution in [0.2, 0.25) is 0 Å². The molecule has 0 saturated heterocycles. The summed E-state index contributed by atoms with van der Waals surface area (Å²) < 4.78 is 14.2. The van der Waals surface area contributed by atoms with Crippen molar-refractivity contribution in [3.05, 3.63) is 29.6 Å². The van der Waals surface area contributed by atoms with Crippen LogP contribution >= 0.6 is 0 Å². The topological polar surface area (TPSA) is 69.6 Å². The zero-order valence-electron chi connectivity index (χ0n) is 15.0. The third kappa shape index (κ3) is 5.92. The van der Waals surface area contributed by atoms with E-state index in [1.807, 2.05) is 27.7 Å². The van der Waals surface area contributed by atoms with Gasteiger partial charge in [-0.05, 0) is 44.9 Å². The molecule has 2 amide bonds. The van der Waals surface area contributed by atoms with Crippen LogP contribution in [0.5, 0.6) is 0 Å². The normalized spacial score (nSPS) is 12.4. The summed E-state index contributed by atoms with van der Waals surface area (Å²) in [6, 6.07) is 3.86. The molecular weight excluding hydrogens is 311 g/mol. The van der Waals surface area contributed by atoms with Crippen molar-refractivity contribution in [1.82, 2.24) is 4.90 Å². The van der Waals surface area contributed by atoms with E-state index in [9.17, 15) is 19.1 Å². The van der Waals surface area contributed by atoms with Gasteiger partial charge in [-0.1, -0.05) is 13.8 Å². The van der Waals surface area contributed by atoms with Crippen molar-refractivity contribution >= 4 is 17.5 Å². The number of aliphatic hydroxyl groups excluding tert-OH is 1. The molecule has 134 valence electrons. The Kier molecular flexibility index (Phi) is 7.35. The zero-order valence-corrected chi connectivity index (χ0v) is 15.0. The minimum atomic E-state index is -0.671. The molecule has 0 aliphatic rings. The van der Waals surface area contributed by atoms with Crippen molar-refractivity contribution in [3.8, 4) is 0 Å². The lowest BCUT2D eigenvalue weighted by atomic mass is 10.1. The lowest BCUT2D eigenvalue weighted by molar-refractivity contribution is -0.116. The molecule has 5 nitrogen and oxygen atoms in total. The number of hydrogen-bond acceptors (Lipinski definition) is 3. The second-order valence-corrected chi connectivity index (χ2v) is 6.74. The first-order valence-electron chi connectivity index (χ1n) is 8.20. The van der Waals surface area contributed by atoms with Gasteiger partial charge in [0, 0.05) is 24.6 Å². The van der Waals surface area contributed by atoms with Crippen LogP contribution in [-0.4, -0.2) is 40.5 Å². The van der Waals surface area contributed by atoms with Crippen molar-refractivity contribution in [2.24, 2.45) is 5.92 Å². The van der Waals surface area contributed by atoms with E-state index >= 15 is 0 Å². The molecule has 0 aliphatic heterocycles. The first-order valence-corrected chi connectivity index (χ1v) is 8.20. The summed E-state index contributed by atoms with van der Waals surface area (Å²) in [6.07, 6.45) is -0.369. The Labute approximate surface area is 142 Å². The van der Waals surface area contributed by atoms with Gasteiger partial charge in [0.25, 0.3) is 5.91 Å². The molecule has 1 atom stereocenters. The van der Waals surface area contributed by atoms with Gasteiger partial charge in [-0.25, -0.2) is 4.39 Å². The van der Waals surface area contributed by atoms with Crippen LogP contribution in [0.15, 0.2) is 18.2 Å². The van der Waals surface area contributed by atoms with Gasteiger partial charge in [0.2, 0.25) is 5.91 Å². The number of anilines is 1. The van der Waals surface area contributed by atoms with Gasteiger partial charge in [0.1, 0.15) is 5.82 Å². The average Bonchev–Trinajstić information content (AvgIpc) is 2.44. The van der Waals surface area contributed by atoms with Crippen molar-refractivity contribution in [2.45, 2.75) is 53.2 Å². The summed E-state index contributed by atoms with van der Waals surface area (Å²) in [5.74, 6) is -1.10. The van der Waals surface area contributed by atoms with E-state index in [-0.39, 0.29) is 41.6 Å². The molecule has 1 unspecified atom stereocenters. The summed E-state index contributed by atoms with van der Waals surface area (Å²) >= 11 is 0. The number of rotatable bonds is 7. The summed E-state index contributed by atoms with van der Waals surface area (Å²) in [7, 11) is 0. The second kappa shape index (κ2) is 8.78. The van der Waals surface area contributed by atoms with Gasteiger partial charge >= 0.3 is 0 Å². The number of benzene rings is 1. The first kappa shape index (κ1) is 20.1. The maximum absolute atomic E-state index is 14.2. The Morgan fingerprint density at radius 2 is 1.83 bits per heavy atom. The second-order valence-electron chi connectivity index (χ2n) is 6.74. The summed E-state index contributed by atoms with van der Waals surface area (Å²) in [5.41, 5.74) is 0.243. The number of carbonyl (C=O) groups excluding carboxylic acids is 2. The Morgan fingerprint density at radius 1 is 1.21 bits per heavy atom. The largest absolute Gasteiger partial charge is 0.392 e. The highest BCUT2D eigenvalue weighted by atomic mass is 19.1. The van der Waals surface area contributed by atoms with Crippen molar-refractivity contribution in [3.63, 3.8) is 0 Å². The fourth-order valence-electron chi connectivity index (χ4n) is 2.30. The molecule has 1 aromatic carbocycles. The third-order valence-corrected chi connectivity index (χ3v) is 3.43. The van der Waals surface area contributed by atoms with E-state index in [1.165, 1.54) is 17.0 Å². The van der Waals surface area contributed by atoms with Gasteiger partial charge in [-0.15, -0.1) is 0 Å². The van der Waals surface area contributed by atoms with E-state index in [1.54, 1.807) is 6.92 Å². The molecule has 0 aliphatic carbocycles. The Morgan fingerprint density at radius 3 is 2.29 bits per heavy atom. The lowest BCUT2D eigenvalue weighted by Crippen LogP contribution is -2.41. The van der Waals surface area contributed by atoms with Gasteiger partial charge in [0.15, 0.2) is 0 Å². The number of nitrogens with one attached hydrogen (secondary N) is 1. The van der Waals surface area contributed by atoms with Gasteiger partial charge in [-0.3, -0.25) is 9.59 Å². The minimum Gasteiger partial charge on any atom is -0.392 e. The lowest BCUT2D eigenvalue weighted by Gasteiger charge is -2.28. The van der Waals surface area contributed by atoms with Crippen LogP contribution in [0.3, 0.4) is 0 Å². The molecule has 0 radical (unpaired) electrons. The molecule has 2 N–H and O–H groups in total. The molecule has 0 heterocycles. The van der Waals surface area contributed by atoms with Crippen LogP contribution in [0.4, 0.5) is 10.1 Å². The van der Waals surface area contributed by atoms with Crippen LogP contribution in [0.25, 0.3) is 0 Å². The Hall–Kier alpha value is -1.95. The first-order chi connectivity index (χ1) is 11.1. The van der Waals surface area contributed by atoms with Crippen LogP contribution in [0.1, 0.15) is 51.4 Å². The fraction of sp³-hybridized carbons (Fsp3) is 0.556. The number of amides is 2. The van der Waals surface area contributed by atoms with Crippen LogP contribution < -0.4 is 5.32 Å². The predicted octanol–water partition coefficient (Wildman–Crippen LogP) is 3.04. The number of carbonyl (C=O) groups is 2. The maximum Gasteiger partial charge on any atom is 0.254 e. The van der Waals surface area contributed by atoms with E-state index in [0.29, 0.717) is 6.42 Å². The quantitative estimate of drug-likeness (QED) is 0.803. The smallest absolute Gasteiger partial charge is 0.254 e. The highest BCUT2D eigenvalue weighted by Crippen LogP contribution is 2.19. The summed E-state index contributed by atoms with van der Waals surface area (Å²) in [5, 5.41) is 12.0. The van der Waals surface area contributed by atoms with E-state index < -0.39 is 11.9 Å². The number of nitrogens with zero attached hydrogens (tertiary/aromatic N) is 1. The van der Waals surface area contributed by atoms with E-state index in [0.717, 1.165) is 6.07 Å². The molecule has 0 fully saturated rings. The Bertz CT molecular complexity index is 586. The molecule has 0 bridgehead atoms. The minimum absolute atomic E-state index is 0.0591. The van der Waals surface area contributed by atoms with Crippen molar-refractivity contribution in [2.75, 3.05) is 11.9 Å². The molecule has 0 spiro atoms. The molecule has 0 saturated carbocycles. The monoisotopic (exact) mass is 338 g/mol. The number of halogens is 1. The highest BCUT2D eigenvalue weighted by Gasteiger charge is 2.21. The maximum atomic E-state index is 14.2. The number of hydrogen-bond donors (Lipinski definition) is 2. The third-order valence-electron chi connectivity index (χ3n) is 3.43. The molecule has 6 heteroatoms. The SMILES string of the molecule is CC(C)CC(=O)Nc1ccc(C(=O)N(CC(C)O)C(C)C)cc1F.